The Balaban J connectivity index is 4.22. The van der Waals surface area contributed by atoms with Gasteiger partial charge in [0.15, 0.2) is 0 Å². The molecule has 0 rings (SSSR count). The Morgan fingerprint density at radius 1 is 1.19 bits per heavy atom. The van der Waals surface area contributed by atoms with Crippen molar-refractivity contribution in [2.75, 3.05) is 26.7 Å². The molecule has 0 aromatic heterocycles. The van der Waals surface area contributed by atoms with Crippen molar-refractivity contribution in [1.82, 2.24) is 10.2 Å². The molecule has 0 aliphatic carbocycles. The van der Waals surface area contributed by atoms with Gasteiger partial charge in [0.25, 0.3) is 0 Å². The topological polar surface area (TPSA) is 39.1 Å². The first-order valence-corrected chi connectivity index (χ1v) is 6.44. The van der Waals surface area contributed by atoms with E-state index in [9.17, 15) is 0 Å². The third kappa shape index (κ3) is 6.09. The zero-order valence-electron chi connectivity index (χ0n) is 11.3. The van der Waals surface area contributed by atoms with Crippen LogP contribution >= 0.6 is 0 Å². The lowest BCUT2D eigenvalue weighted by Crippen LogP contribution is -2.49. The minimum atomic E-state index is -0.415. The maximum Gasteiger partial charge on any atom is 0.116 e. The third-order valence-corrected chi connectivity index (χ3v) is 2.99. The molecule has 0 saturated heterocycles. The standard InChI is InChI=1S/C13H27N3/c1-5-7-9-16(10-8-6-2)12-13(3,11-14)15-4/h15H,5-10,12H2,1-4H3. The quantitative estimate of drug-likeness (QED) is 0.655. The summed E-state index contributed by atoms with van der Waals surface area (Å²) in [5, 5.41) is 12.3. The van der Waals surface area contributed by atoms with Gasteiger partial charge in [-0.15, -0.1) is 0 Å². The molecule has 1 atom stereocenters. The normalized spacial score (nSPS) is 14.8. The van der Waals surface area contributed by atoms with E-state index < -0.39 is 5.54 Å². The molecule has 1 unspecified atom stereocenters. The molecule has 0 spiro atoms. The van der Waals surface area contributed by atoms with Gasteiger partial charge in [-0.25, -0.2) is 0 Å². The summed E-state index contributed by atoms with van der Waals surface area (Å²) in [4.78, 5) is 2.41. The molecule has 0 fully saturated rings. The number of hydrogen-bond acceptors (Lipinski definition) is 3. The van der Waals surface area contributed by atoms with E-state index in [0.717, 1.165) is 19.6 Å². The molecule has 3 nitrogen and oxygen atoms in total. The Bertz CT molecular complexity index is 202. The van der Waals surface area contributed by atoms with E-state index in [1.807, 2.05) is 14.0 Å². The number of nitriles is 1. The van der Waals surface area contributed by atoms with Crippen molar-refractivity contribution in [1.29, 1.82) is 5.26 Å². The summed E-state index contributed by atoms with van der Waals surface area (Å²) >= 11 is 0. The number of unbranched alkanes of at least 4 members (excludes halogenated alkanes) is 2. The molecule has 0 bridgehead atoms. The number of hydrogen-bond donors (Lipinski definition) is 1. The van der Waals surface area contributed by atoms with Crippen LogP contribution in [0, 0.1) is 11.3 Å². The minimum absolute atomic E-state index is 0.415. The van der Waals surface area contributed by atoms with E-state index in [4.69, 9.17) is 5.26 Å². The van der Waals surface area contributed by atoms with Crippen molar-refractivity contribution in [3.63, 3.8) is 0 Å². The Kier molecular flexibility index (Phi) is 8.23. The van der Waals surface area contributed by atoms with Gasteiger partial charge in [-0.3, -0.25) is 0 Å². The van der Waals surface area contributed by atoms with Gasteiger partial charge in [0, 0.05) is 6.54 Å². The van der Waals surface area contributed by atoms with Crippen molar-refractivity contribution in [2.24, 2.45) is 0 Å². The molecule has 94 valence electrons. The average Bonchev–Trinajstić information content (AvgIpc) is 2.32. The van der Waals surface area contributed by atoms with Crippen LogP contribution < -0.4 is 5.32 Å². The molecule has 0 aromatic carbocycles. The smallest absolute Gasteiger partial charge is 0.116 e. The summed E-state index contributed by atoms with van der Waals surface area (Å²) in [5.41, 5.74) is -0.415. The highest BCUT2D eigenvalue weighted by molar-refractivity contribution is 5.04. The fourth-order valence-electron chi connectivity index (χ4n) is 1.65. The minimum Gasteiger partial charge on any atom is -0.302 e. The molecule has 3 heteroatoms. The first-order valence-electron chi connectivity index (χ1n) is 6.44. The molecular weight excluding hydrogens is 198 g/mol. The maximum absolute atomic E-state index is 9.15. The molecule has 0 saturated carbocycles. The Hall–Kier alpha value is -0.590. The van der Waals surface area contributed by atoms with Gasteiger partial charge < -0.3 is 10.2 Å². The van der Waals surface area contributed by atoms with Crippen LogP contribution in [0.2, 0.25) is 0 Å². The molecule has 0 heterocycles. The Labute approximate surface area is 101 Å². The van der Waals surface area contributed by atoms with Gasteiger partial charge in [-0.1, -0.05) is 26.7 Å². The second-order valence-corrected chi connectivity index (χ2v) is 4.68. The van der Waals surface area contributed by atoms with Crippen molar-refractivity contribution >= 4 is 0 Å². The van der Waals surface area contributed by atoms with Crippen LogP contribution in [0.5, 0.6) is 0 Å². The zero-order valence-corrected chi connectivity index (χ0v) is 11.3. The van der Waals surface area contributed by atoms with Gasteiger partial charge in [-0.2, -0.15) is 5.26 Å². The van der Waals surface area contributed by atoms with E-state index in [0.29, 0.717) is 0 Å². The lowest BCUT2D eigenvalue weighted by molar-refractivity contribution is 0.219. The summed E-state index contributed by atoms with van der Waals surface area (Å²) < 4.78 is 0. The van der Waals surface area contributed by atoms with Crippen molar-refractivity contribution in [3.05, 3.63) is 0 Å². The van der Waals surface area contributed by atoms with E-state index in [2.05, 4.69) is 30.1 Å². The van der Waals surface area contributed by atoms with Gasteiger partial charge >= 0.3 is 0 Å². The summed E-state index contributed by atoms with van der Waals surface area (Å²) in [6.45, 7) is 9.42. The summed E-state index contributed by atoms with van der Waals surface area (Å²) in [6.07, 6.45) is 4.86. The van der Waals surface area contributed by atoms with Crippen molar-refractivity contribution in [3.8, 4) is 6.07 Å². The predicted octanol–water partition coefficient (Wildman–Crippen LogP) is 2.39. The third-order valence-electron chi connectivity index (χ3n) is 2.99. The predicted molar refractivity (Wildman–Crippen MR) is 69.3 cm³/mol. The SMILES string of the molecule is CCCCN(CCCC)CC(C)(C#N)NC. The molecule has 0 amide bonds. The molecule has 16 heavy (non-hydrogen) atoms. The monoisotopic (exact) mass is 225 g/mol. The number of likely N-dealkylation sites (N-methyl/N-ethyl adjacent to an activating group) is 1. The van der Waals surface area contributed by atoms with E-state index in [-0.39, 0.29) is 0 Å². The second-order valence-electron chi connectivity index (χ2n) is 4.68. The van der Waals surface area contributed by atoms with Crippen LogP contribution in [-0.4, -0.2) is 37.1 Å². The molecular formula is C13H27N3. The van der Waals surface area contributed by atoms with Crippen LogP contribution in [0.25, 0.3) is 0 Å². The van der Waals surface area contributed by atoms with E-state index in [1.54, 1.807) is 0 Å². The Morgan fingerprint density at radius 3 is 2.00 bits per heavy atom. The number of nitrogens with one attached hydrogen (secondary N) is 1. The van der Waals surface area contributed by atoms with Crippen LogP contribution in [-0.2, 0) is 0 Å². The summed E-state index contributed by atoms with van der Waals surface area (Å²) in [6, 6.07) is 2.36. The molecule has 0 aliphatic rings. The molecule has 1 N–H and O–H groups in total. The van der Waals surface area contributed by atoms with Crippen LogP contribution in [0.1, 0.15) is 46.5 Å². The van der Waals surface area contributed by atoms with Gasteiger partial charge in [0.2, 0.25) is 0 Å². The highest BCUT2D eigenvalue weighted by Gasteiger charge is 2.24. The molecule has 0 aromatic rings. The van der Waals surface area contributed by atoms with Gasteiger partial charge in [-0.05, 0) is 39.9 Å². The fourth-order valence-corrected chi connectivity index (χ4v) is 1.65. The maximum atomic E-state index is 9.15. The Morgan fingerprint density at radius 2 is 1.69 bits per heavy atom. The highest BCUT2D eigenvalue weighted by atomic mass is 15.2. The van der Waals surface area contributed by atoms with Crippen LogP contribution in [0.3, 0.4) is 0 Å². The molecule has 0 aliphatic heterocycles. The average molecular weight is 225 g/mol. The van der Waals surface area contributed by atoms with Crippen molar-refractivity contribution < 1.29 is 0 Å². The van der Waals surface area contributed by atoms with Gasteiger partial charge in [0.05, 0.1) is 6.07 Å². The van der Waals surface area contributed by atoms with E-state index >= 15 is 0 Å². The largest absolute Gasteiger partial charge is 0.302 e. The first kappa shape index (κ1) is 15.4. The number of nitrogens with zero attached hydrogens (tertiary/aromatic N) is 2. The zero-order chi connectivity index (χ0) is 12.4. The van der Waals surface area contributed by atoms with Gasteiger partial charge in [0.1, 0.15) is 5.54 Å². The first-order chi connectivity index (χ1) is 7.61. The fraction of sp³-hybridized carbons (Fsp3) is 0.923. The summed E-state index contributed by atoms with van der Waals surface area (Å²) in [5.74, 6) is 0. The van der Waals surface area contributed by atoms with Crippen LogP contribution in [0.4, 0.5) is 0 Å². The van der Waals surface area contributed by atoms with Crippen LogP contribution in [0.15, 0.2) is 0 Å². The van der Waals surface area contributed by atoms with Crippen molar-refractivity contribution in [2.45, 2.75) is 52.0 Å². The summed E-state index contributed by atoms with van der Waals surface area (Å²) in [7, 11) is 1.86. The second kappa shape index (κ2) is 8.55. The lowest BCUT2D eigenvalue weighted by Gasteiger charge is -2.30. The lowest BCUT2D eigenvalue weighted by atomic mass is 10.0. The number of rotatable bonds is 9. The van der Waals surface area contributed by atoms with E-state index in [1.165, 1.54) is 25.7 Å². The molecule has 0 radical (unpaired) electrons. The highest BCUT2D eigenvalue weighted by Crippen LogP contribution is 2.07.